The Bertz CT molecular complexity index is 329. The Balaban J connectivity index is 1.54. The smallest absolute Gasteiger partial charge is 0.253 e. The van der Waals surface area contributed by atoms with E-state index in [9.17, 15) is 4.79 Å². The molecule has 4 nitrogen and oxygen atoms in total. The summed E-state index contributed by atoms with van der Waals surface area (Å²) in [4.78, 5) is 16.7. The number of ether oxygens (including phenoxy) is 1. The quantitative estimate of drug-likeness (QED) is 0.721. The molecular formula is C15H26N2O2. The molecule has 2 saturated heterocycles. The van der Waals surface area contributed by atoms with E-state index in [0.717, 1.165) is 26.2 Å². The van der Waals surface area contributed by atoms with Crippen LogP contribution in [-0.4, -0.2) is 61.6 Å². The summed E-state index contributed by atoms with van der Waals surface area (Å²) < 4.78 is 5.65. The minimum atomic E-state index is -0.226. The van der Waals surface area contributed by atoms with E-state index in [2.05, 4.69) is 11.9 Å². The van der Waals surface area contributed by atoms with Crippen LogP contribution in [0.4, 0.5) is 0 Å². The molecule has 1 saturated carbocycles. The van der Waals surface area contributed by atoms with Crippen molar-refractivity contribution in [2.75, 3.05) is 39.8 Å². The van der Waals surface area contributed by atoms with Crippen LogP contribution in [0, 0.1) is 5.41 Å². The molecule has 3 aliphatic rings. The van der Waals surface area contributed by atoms with Gasteiger partial charge in [-0.15, -0.1) is 0 Å². The number of morpholine rings is 1. The lowest BCUT2D eigenvalue weighted by atomic mass is 9.77. The van der Waals surface area contributed by atoms with Gasteiger partial charge in [0.1, 0.15) is 6.10 Å². The van der Waals surface area contributed by atoms with Gasteiger partial charge in [0.25, 0.3) is 5.91 Å². The molecule has 2 aliphatic heterocycles. The van der Waals surface area contributed by atoms with Crippen molar-refractivity contribution in [1.29, 1.82) is 0 Å². The van der Waals surface area contributed by atoms with Crippen LogP contribution in [0.3, 0.4) is 0 Å². The zero-order valence-corrected chi connectivity index (χ0v) is 12.1. The number of amides is 1. The number of carbonyl (C=O) groups excluding carboxylic acids is 1. The molecule has 1 amide bonds. The average Bonchev–Trinajstić information content (AvgIpc) is 2.87. The number of nitrogens with zero attached hydrogens (tertiary/aromatic N) is 2. The lowest BCUT2D eigenvalue weighted by molar-refractivity contribution is -0.151. The van der Waals surface area contributed by atoms with E-state index in [1.807, 2.05) is 4.90 Å². The molecule has 0 unspecified atom stereocenters. The lowest BCUT2D eigenvalue weighted by Crippen LogP contribution is -2.52. The zero-order valence-electron chi connectivity index (χ0n) is 12.1. The molecule has 4 heteroatoms. The molecular weight excluding hydrogens is 240 g/mol. The van der Waals surface area contributed by atoms with Crippen LogP contribution >= 0.6 is 0 Å². The van der Waals surface area contributed by atoms with Crippen LogP contribution in [-0.2, 0) is 9.53 Å². The number of hydrogen-bond donors (Lipinski definition) is 0. The van der Waals surface area contributed by atoms with Crippen LogP contribution < -0.4 is 0 Å². The zero-order chi connectivity index (χ0) is 13.3. The van der Waals surface area contributed by atoms with Crippen molar-refractivity contribution < 1.29 is 9.53 Å². The SMILES string of the molecule is CN1CCO[C@@H](C(=O)N2CCC3(CCCC3)CC2)C1. The topological polar surface area (TPSA) is 32.8 Å². The van der Waals surface area contributed by atoms with E-state index in [1.54, 1.807) is 0 Å². The monoisotopic (exact) mass is 266 g/mol. The Labute approximate surface area is 116 Å². The lowest BCUT2D eigenvalue weighted by Gasteiger charge is -2.41. The maximum atomic E-state index is 12.5. The molecule has 0 aromatic carbocycles. The number of hydrogen-bond acceptors (Lipinski definition) is 3. The summed E-state index contributed by atoms with van der Waals surface area (Å²) in [5, 5.41) is 0. The first-order chi connectivity index (χ1) is 9.19. The molecule has 1 atom stereocenters. The van der Waals surface area contributed by atoms with Gasteiger partial charge in [-0.25, -0.2) is 0 Å². The first-order valence-electron chi connectivity index (χ1n) is 7.78. The van der Waals surface area contributed by atoms with Crippen molar-refractivity contribution in [1.82, 2.24) is 9.80 Å². The third-order valence-corrected chi connectivity index (χ3v) is 5.34. The van der Waals surface area contributed by atoms with Crippen molar-refractivity contribution in [3.63, 3.8) is 0 Å². The van der Waals surface area contributed by atoms with Crippen molar-refractivity contribution in [3.8, 4) is 0 Å². The Morgan fingerprint density at radius 2 is 1.79 bits per heavy atom. The molecule has 108 valence electrons. The summed E-state index contributed by atoms with van der Waals surface area (Å²) in [6.45, 7) is 4.27. The van der Waals surface area contributed by atoms with Gasteiger partial charge in [-0.05, 0) is 38.1 Å². The molecule has 0 radical (unpaired) electrons. The molecule has 2 heterocycles. The number of likely N-dealkylation sites (tertiary alicyclic amines) is 1. The van der Waals surface area contributed by atoms with Crippen LogP contribution in [0.15, 0.2) is 0 Å². The van der Waals surface area contributed by atoms with Gasteiger partial charge in [0.15, 0.2) is 0 Å². The molecule has 1 aliphatic carbocycles. The molecule has 1 spiro atoms. The highest BCUT2D eigenvalue weighted by Gasteiger charge is 2.39. The van der Waals surface area contributed by atoms with E-state index in [1.165, 1.54) is 38.5 Å². The molecule has 0 N–H and O–H groups in total. The first-order valence-corrected chi connectivity index (χ1v) is 7.78. The Morgan fingerprint density at radius 3 is 2.42 bits per heavy atom. The molecule has 3 fully saturated rings. The molecule has 19 heavy (non-hydrogen) atoms. The minimum absolute atomic E-state index is 0.222. The summed E-state index contributed by atoms with van der Waals surface area (Å²) in [5.74, 6) is 0.222. The molecule has 0 aromatic heterocycles. The second kappa shape index (κ2) is 5.41. The Hall–Kier alpha value is -0.610. The minimum Gasteiger partial charge on any atom is -0.366 e. The highest BCUT2D eigenvalue weighted by atomic mass is 16.5. The van der Waals surface area contributed by atoms with Crippen LogP contribution in [0.25, 0.3) is 0 Å². The van der Waals surface area contributed by atoms with Gasteiger partial charge in [0.05, 0.1) is 6.61 Å². The summed E-state index contributed by atoms with van der Waals surface area (Å²) in [7, 11) is 2.06. The largest absolute Gasteiger partial charge is 0.366 e. The fourth-order valence-corrected chi connectivity index (χ4v) is 3.96. The van der Waals surface area contributed by atoms with Crippen molar-refractivity contribution in [2.24, 2.45) is 5.41 Å². The first kappa shape index (κ1) is 13.4. The van der Waals surface area contributed by atoms with Gasteiger partial charge in [-0.2, -0.15) is 0 Å². The maximum absolute atomic E-state index is 12.5. The fourth-order valence-electron chi connectivity index (χ4n) is 3.96. The van der Waals surface area contributed by atoms with Gasteiger partial charge in [-0.3, -0.25) is 4.79 Å². The average molecular weight is 266 g/mol. The predicted molar refractivity (Wildman–Crippen MR) is 74.0 cm³/mol. The number of rotatable bonds is 1. The third kappa shape index (κ3) is 2.79. The van der Waals surface area contributed by atoms with Gasteiger partial charge in [-0.1, -0.05) is 12.8 Å². The molecule has 3 rings (SSSR count). The van der Waals surface area contributed by atoms with Crippen molar-refractivity contribution in [2.45, 2.75) is 44.6 Å². The highest BCUT2D eigenvalue weighted by molar-refractivity contribution is 5.81. The summed E-state index contributed by atoms with van der Waals surface area (Å²) >= 11 is 0. The number of piperidine rings is 1. The molecule has 0 bridgehead atoms. The van der Waals surface area contributed by atoms with E-state index in [4.69, 9.17) is 4.74 Å². The maximum Gasteiger partial charge on any atom is 0.253 e. The van der Waals surface area contributed by atoms with Gasteiger partial charge in [0, 0.05) is 26.2 Å². The van der Waals surface area contributed by atoms with E-state index in [-0.39, 0.29) is 12.0 Å². The van der Waals surface area contributed by atoms with Gasteiger partial charge >= 0.3 is 0 Å². The molecule has 0 aromatic rings. The number of carbonyl (C=O) groups is 1. The van der Waals surface area contributed by atoms with Gasteiger partial charge in [0.2, 0.25) is 0 Å². The van der Waals surface area contributed by atoms with Crippen molar-refractivity contribution in [3.05, 3.63) is 0 Å². The van der Waals surface area contributed by atoms with E-state index >= 15 is 0 Å². The third-order valence-electron chi connectivity index (χ3n) is 5.34. The van der Waals surface area contributed by atoms with Crippen LogP contribution in [0.5, 0.6) is 0 Å². The summed E-state index contributed by atoms with van der Waals surface area (Å²) in [6, 6.07) is 0. The van der Waals surface area contributed by atoms with E-state index in [0.29, 0.717) is 12.0 Å². The predicted octanol–water partition coefficient (Wildman–Crippen LogP) is 1.50. The highest BCUT2D eigenvalue weighted by Crippen LogP contribution is 2.46. The van der Waals surface area contributed by atoms with Crippen LogP contribution in [0.1, 0.15) is 38.5 Å². The summed E-state index contributed by atoms with van der Waals surface area (Å²) in [5.41, 5.74) is 0.584. The summed E-state index contributed by atoms with van der Waals surface area (Å²) in [6.07, 6.45) is 7.75. The Morgan fingerprint density at radius 1 is 1.11 bits per heavy atom. The van der Waals surface area contributed by atoms with Gasteiger partial charge < -0.3 is 14.5 Å². The van der Waals surface area contributed by atoms with E-state index < -0.39 is 0 Å². The number of likely N-dealkylation sites (N-methyl/N-ethyl adjacent to an activating group) is 1. The Kier molecular flexibility index (Phi) is 3.81. The fraction of sp³-hybridized carbons (Fsp3) is 0.933. The van der Waals surface area contributed by atoms with Crippen LogP contribution in [0.2, 0.25) is 0 Å². The second-order valence-electron chi connectivity index (χ2n) is 6.65. The normalized spacial score (nSPS) is 31.8. The second-order valence-corrected chi connectivity index (χ2v) is 6.65. The standard InChI is InChI=1S/C15H26N2O2/c1-16-10-11-19-13(12-16)14(18)17-8-6-15(7-9-17)4-2-3-5-15/h13H,2-12H2,1H3/t13-/m1/s1. The van der Waals surface area contributed by atoms with Crippen molar-refractivity contribution >= 4 is 5.91 Å².